The van der Waals surface area contributed by atoms with Crippen molar-refractivity contribution in [3.05, 3.63) is 127 Å². The van der Waals surface area contributed by atoms with E-state index < -0.39 is 23.0 Å². The standard InChI is InChI=1S/C60H80F2N12O8/c1-37-27-71(33-51(75)73-35-59(3,4)53-47(73)23-41(55(77)67-53)21-39-7-11-43(61)12-8-39)45(25-65-37)29-69-17-19-81-49(31-69)57(79)63-15-16-64-58(80)50-32-70(18-20-82-50)30-46-26-66-38(2)28-72(46)34-52(76)74-36-60(5,6)54-48(74)24-42(56(78)68-54)22-40-9-13-44(62)14-10-40/h7-14,23-24,37-38,45-46,49-50,65-66H,15-22,25-36H2,1-6H3,(H,63,79)(H,64,80)(H,67,77)(H,68,78)/t37-,38-,45-,46-,49?,50?/m1/s1. The monoisotopic (exact) mass is 1130 g/mol. The Morgan fingerprint density at radius 2 is 0.988 bits per heavy atom. The summed E-state index contributed by atoms with van der Waals surface area (Å²) in [6.07, 6.45) is -0.838. The first-order chi connectivity index (χ1) is 39.2. The quantitative estimate of drug-likeness (QED) is 0.0825. The van der Waals surface area contributed by atoms with Gasteiger partial charge in [0.2, 0.25) is 11.8 Å². The van der Waals surface area contributed by atoms with Gasteiger partial charge in [-0.1, -0.05) is 52.0 Å². The third-order valence-corrected chi connectivity index (χ3v) is 17.1. The van der Waals surface area contributed by atoms with Crippen LogP contribution in [-0.4, -0.2) is 208 Å². The Hall–Kier alpha value is -6.24. The van der Waals surface area contributed by atoms with Crippen LogP contribution in [0.25, 0.3) is 0 Å². The first kappa shape index (κ1) is 58.9. The number of hydrogen-bond donors (Lipinski definition) is 6. The molecule has 4 saturated heterocycles. The van der Waals surface area contributed by atoms with Crippen molar-refractivity contribution in [2.24, 2.45) is 0 Å². The summed E-state index contributed by atoms with van der Waals surface area (Å²) in [5.41, 5.74) is 4.00. The second kappa shape index (κ2) is 24.9. The molecule has 4 aromatic rings. The van der Waals surface area contributed by atoms with E-state index in [1.165, 1.54) is 24.3 Å². The lowest BCUT2D eigenvalue weighted by Crippen LogP contribution is -2.62. The molecule has 6 aliphatic rings. The Morgan fingerprint density at radius 1 is 0.598 bits per heavy atom. The summed E-state index contributed by atoms with van der Waals surface area (Å²) in [6.45, 7) is 20.3. The van der Waals surface area contributed by atoms with E-state index in [2.05, 4.69) is 64.7 Å². The van der Waals surface area contributed by atoms with Gasteiger partial charge in [0.15, 0.2) is 0 Å². The van der Waals surface area contributed by atoms with Gasteiger partial charge >= 0.3 is 0 Å². The number of aromatic nitrogens is 2. The molecule has 0 aliphatic carbocycles. The number of carbonyl (C=O) groups is 4. The highest BCUT2D eigenvalue weighted by atomic mass is 19.1. The summed E-state index contributed by atoms with van der Waals surface area (Å²) in [4.78, 5) is 101. The van der Waals surface area contributed by atoms with E-state index in [1.54, 1.807) is 34.1 Å². The van der Waals surface area contributed by atoms with Crippen LogP contribution < -0.4 is 42.2 Å². The number of ether oxygens (including phenoxy) is 2. The molecule has 6 aliphatic heterocycles. The molecular weight excluding hydrogens is 1050 g/mol. The van der Waals surface area contributed by atoms with Crippen LogP contribution in [0.5, 0.6) is 0 Å². The Balaban J connectivity index is 0.680. The third kappa shape index (κ3) is 13.7. The van der Waals surface area contributed by atoms with Crippen LogP contribution in [0.2, 0.25) is 0 Å². The second-order valence-electron chi connectivity index (χ2n) is 24.7. The van der Waals surface area contributed by atoms with Gasteiger partial charge in [0, 0.05) is 162 Å². The van der Waals surface area contributed by atoms with Gasteiger partial charge in [0.25, 0.3) is 22.9 Å². The molecule has 4 fully saturated rings. The van der Waals surface area contributed by atoms with Crippen molar-refractivity contribution in [3.8, 4) is 0 Å². The van der Waals surface area contributed by atoms with Crippen molar-refractivity contribution in [1.29, 1.82) is 0 Å². The number of piperazine rings is 2. The molecule has 6 atom stereocenters. The number of aromatic amines is 2. The van der Waals surface area contributed by atoms with E-state index >= 15 is 0 Å². The maximum Gasteiger partial charge on any atom is 0.251 e. The van der Waals surface area contributed by atoms with E-state index in [0.29, 0.717) is 127 Å². The highest BCUT2D eigenvalue weighted by Gasteiger charge is 2.43. The van der Waals surface area contributed by atoms with Crippen LogP contribution in [0.3, 0.4) is 0 Å². The van der Waals surface area contributed by atoms with E-state index in [4.69, 9.17) is 9.47 Å². The van der Waals surface area contributed by atoms with Gasteiger partial charge in [0.05, 0.1) is 37.7 Å². The molecule has 20 nitrogen and oxygen atoms in total. The topological polar surface area (TPSA) is 220 Å². The Bertz CT molecular complexity index is 2900. The van der Waals surface area contributed by atoms with Gasteiger partial charge in [-0.2, -0.15) is 0 Å². The van der Waals surface area contributed by atoms with Gasteiger partial charge in [-0.25, -0.2) is 8.78 Å². The largest absolute Gasteiger partial charge is 0.366 e. The lowest BCUT2D eigenvalue weighted by Gasteiger charge is -2.43. The van der Waals surface area contributed by atoms with Gasteiger partial charge in [-0.3, -0.25) is 48.4 Å². The Labute approximate surface area is 477 Å². The molecule has 8 heterocycles. The highest BCUT2D eigenvalue weighted by Crippen LogP contribution is 2.40. The smallest absolute Gasteiger partial charge is 0.251 e. The Kier molecular flexibility index (Phi) is 17.9. The van der Waals surface area contributed by atoms with Crippen molar-refractivity contribution in [3.63, 3.8) is 0 Å². The molecule has 2 aromatic carbocycles. The van der Waals surface area contributed by atoms with Crippen molar-refractivity contribution >= 4 is 35.0 Å². The van der Waals surface area contributed by atoms with Crippen molar-refractivity contribution in [2.75, 3.05) is 128 Å². The predicted molar refractivity (Wildman–Crippen MR) is 307 cm³/mol. The zero-order valence-electron chi connectivity index (χ0n) is 48.1. The number of fused-ring (bicyclic) bond motifs is 2. The van der Waals surface area contributed by atoms with Crippen LogP contribution in [-0.2, 0) is 52.3 Å². The molecule has 4 amide bonds. The summed E-state index contributed by atoms with van der Waals surface area (Å²) in [5.74, 6) is -1.38. The number of halogens is 2. The lowest BCUT2D eigenvalue weighted by atomic mass is 9.91. The molecule has 0 radical (unpaired) electrons. The number of amides is 4. The number of pyridine rings is 2. The molecule has 2 aromatic heterocycles. The normalized spacial score (nSPS) is 24.9. The number of hydrogen-bond acceptors (Lipinski definition) is 14. The molecule has 0 spiro atoms. The van der Waals surface area contributed by atoms with Gasteiger partial charge < -0.3 is 50.5 Å². The summed E-state index contributed by atoms with van der Waals surface area (Å²) < 4.78 is 39.2. The van der Waals surface area contributed by atoms with Crippen LogP contribution in [0.15, 0.2) is 70.3 Å². The number of nitrogens with zero attached hydrogens (tertiary/aromatic N) is 6. The maximum absolute atomic E-state index is 14.3. The minimum atomic E-state index is -0.720. The summed E-state index contributed by atoms with van der Waals surface area (Å²) >= 11 is 0. The first-order valence-corrected chi connectivity index (χ1v) is 29.0. The van der Waals surface area contributed by atoms with Gasteiger partial charge in [-0.15, -0.1) is 0 Å². The van der Waals surface area contributed by atoms with Crippen LogP contribution in [0, 0.1) is 11.6 Å². The number of anilines is 2. The molecular formula is C60H80F2N12O8. The molecule has 10 rings (SSSR count). The Morgan fingerprint density at radius 3 is 1.38 bits per heavy atom. The molecule has 82 heavy (non-hydrogen) atoms. The van der Waals surface area contributed by atoms with Gasteiger partial charge in [-0.05, 0) is 61.4 Å². The minimum Gasteiger partial charge on any atom is -0.366 e. The van der Waals surface area contributed by atoms with E-state index in [0.717, 1.165) is 22.5 Å². The molecule has 0 saturated carbocycles. The lowest BCUT2D eigenvalue weighted by molar-refractivity contribution is -0.140. The van der Waals surface area contributed by atoms with Crippen LogP contribution in [0.1, 0.15) is 75.2 Å². The van der Waals surface area contributed by atoms with Crippen molar-refractivity contribution in [2.45, 2.75) is 102 Å². The minimum absolute atomic E-state index is 0.0289. The summed E-state index contributed by atoms with van der Waals surface area (Å²) in [6, 6.07) is 16.0. The van der Waals surface area contributed by atoms with E-state index in [1.807, 2.05) is 39.8 Å². The molecule has 0 bridgehead atoms. The number of H-pyrrole nitrogens is 2. The summed E-state index contributed by atoms with van der Waals surface area (Å²) in [5, 5.41) is 13.0. The number of morpholine rings is 2. The number of benzene rings is 2. The number of carbonyl (C=O) groups excluding carboxylic acids is 4. The first-order valence-electron chi connectivity index (χ1n) is 29.0. The number of rotatable bonds is 17. The fourth-order valence-corrected chi connectivity index (χ4v) is 12.6. The molecule has 442 valence electrons. The molecule has 2 unspecified atom stereocenters. The van der Waals surface area contributed by atoms with Crippen molar-refractivity contribution < 1.29 is 37.4 Å². The highest BCUT2D eigenvalue weighted by molar-refractivity contribution is 5.98. The fraction of sp³-hybridized carbons (Fsp3) is 0.567. The third-order valence-electron chi connectivity index (χ3n) is 17.1. The predicted octanol–water partition coefficient (Wildman–Crippen LogP) is 1.43. The average molecular weight is 1140 g/mol. The fourth-order valence-electron chi connectivity index (χ4n) is 12.6. The van der Waals surface area contributed by atoms with Gasteiger partial charge in [0.1, 0.15) is 23.8 Å². The molecule has 22 heteroatoms. The number of nitrogens with one attached hydrogen (secondary N) is 6. The zero-order valence-corrected chi connectivity index (χ0v) is 48.1. The SMILES string of the molecule is C[C@@H]1CN(CC(=O)N2CC(C)(C)c3[nH]c(=O)c(Cc4ccc(F)cc4)cc32)[C@@H](CN2CCOC(C(=O)NCCNC(=O)C3CN(C[C@H]4CN[C@H](C)CN4CC(=O)N4CC(C)(C)c5[nH]c(=O)c(Cc6ccc(F)cc6)cc54)CCO3)C2)CN1. The van der Waals surface area contributed by atoms with E-state index in [-0.39, 0.29) is 96.7 Å². The average Bonchev–Trinajstić information content (AvgIpc) is 2.92. The van der Waals surface area contributed by atoms with E-state index in [9.17, 15) is 37.5 Å². The van der Waals surface area contributed by atoms with Crippen molar-refractivity contribution in [1.82, 2.24) is 50.8 Å². The maximum atomic E-state index is 14.3. The molecule has 6 N–H and O–H groups in total. The summed E-state index contributed by atoms with van der Waals surface area (Å²) in [7, 11) is 0. The van der Waals surface area contributed by atoms with Crippen LogP contribution >= 0.6 is 0 Å². The zero-order chi connectivity index (χ0) is 58.0. The van der Waals surface area contributed by atoms with Crippen LogP contribution in [0.4, 0.5) is 20.2 Å². The second-order valence-corrected chi connectivity index (χ2v) is 24.7.